The predicted molar refractivity (Wildman–Crippen MR) is 139 cm³/mol. The van der Waals surface area contributed by atoms with Gasteiger partial charge in [0.2, 0.25) is 6.41 Å². The van der Waals surface area contributed by atoms with Crippen LogP contribution in [0.25, 0.3) is 0 Å². The summed E-state index contributed by atoms with van der Waals surface area (Å²) >= 11 is 2.20. The number of hydrogen-bond acceptors (Lipinski definition) is 6. The van der Waals surface area contributed by atoms with Crippen molar-refractivity contribution in [3.05, 3.63) is 51.1 Å². The van der Waals surface area contributed by atoms with Crippen LogP contribution in [0.2, 0.25) is 0 Å². The minimum absolute atomic E-state index is 0.297. The summed E-state index contributed by atoms with van der Waals surface area (Å²) in [7, 11) is 1.35. The van der Waals surface area contributed by atoms with Crippen molar-refractivity contribution < 1.29 is 28.6 Å². The highest BCUT2D eigenvalue weighted by molar-refractivity contribution is 14.1. The highest BCUT2D eigenvalue weighted by Gasteiger charge is 2.75. The van der Waals surface area contributed by atoms with Crippen LogP contribution in [0.1, 0.15) is 46.1 Å². The number of benzene rings is 1. The average molecular weight is 594 g/mol. The molecule has 0 radical (unpaired) electrons. The maximum atomic E-state index is 13.9. The molecule has 1 aromatic rings. The van der Waals surface area contributed by atoms with E-state index in [1.54, 1.807) is 30.6 Å². The van der Waals surface area contributed by atoms with E-state index in [0.29, 0.717) is 37.3 Å². The van der Waals surface area contributed by atoms with E-state index in [1.165, 1.54) is 7.11 Å². The standard InChI is InChI=1S/C26H31IN2O6/c1-6-17(27)15-28(16-30)21-12-11-19(22(31)33-5)25-13-14-34-26(21,25)29(23(32)35-24(2,3)4)20-10-8-7-9-18(20)25/h6-11,16,21H,12-15H2,1-5H3/b17-6-/t21-,25-,26-/m0/s1. The molecule has 3 aliphatic rings. The van der Waals surface area contributed by atoms with Gasteiger partial charge in [-0.2, -0.15) is 0 Å². The fraction of sp³-hybridized carbons (Fsp3) is 0.500. The third-order valence-corrected chi connectivity index (χ3v) is 7.93. The predicted octanol–water partition coefficient (Wildman–Crippen LogP) is 4.47. The third-order valence-electron chi connectivity index (χ3n) is 6.97. The van der Waals surface area contributed by atoms with E-state index >= 15 is 0 Å². The fourth-order valence-corrected chi connectivity index (χ4v) is 6.17. The number of halogens is 1. The van der Waals surface area contributed by atoms with Crippen LogP contribution < -0.4 is 4.90 Å². The molecule has 1 fully saturated rings. The summed E-state index contributed by atoms with van der Waals surface area (Å²) in [4.78, 5) is 42.7. The van der Waals surface area contributed by atoms with Crippen LogP contribution in [0.4, 0.5) is 10.5 Å². The van der Waals surface area contributed by atoms with Crippen LogP contribution in [0.3, 0.4) is 0 Å². The van der Waals surface area contributed by atoms with Crippen molar-refractivity contribution >= 4 is 46.8 Å². The largest absolute Gasteiger partial charge is 0.466 e. The minimum Gasteiger partial charge on any atom is -0.466 e. The number of fused-ring (bicyclic) bond motifs is 1. The average Bonchev–Trinajstić information content (AvgIpc) is 3.32. The molecular formula is C26H31IN2O6. The van der Waals surface area contributed by atoms with Gasteiger partial charge in [0, 0.05) is 9.15 Å². The number of ether oxygens (including phenoxy) is 3. The van der Waals surface area contributed by atoms with E-state index in [-0.39, 0.29) is 0 Å². The van der Waals surface area contributed by atoms with Gasteiger partial charge in [-0.25, -0.2) is 14.5 Å². The molecule has 0 aromatic heterocycles. The molecule has 8 nitrogen and oxygen atoms in total. The lowest BCUT2D eigenvalue weighted by atomic mass is 9.61. The molecule has 2 aliphatic heterocycles. The fourth-order valence-electron chi connectivity index (χ4n) is 5.78. The van der Waals surface area contributed by atoms with Crippen molar-refractivity contribution in [2.45, 2.75) is 63.3 Å². The molecule has 0 spiro atoms. The Morgan fingerprint density at radius 1 is 1.31 bits per heavy atom. The number of hydrogen-bond donors (Lipinski definition) is 0. The minimum atomic E-state index is -1.37. The topological polar surface area (TPSA) is 85.4 Å². The highest BCUT2D eigenvalue weighted by Crippen LogP contribution is 2.65. The molecule has 35 heavy (non-hydrogen) atoms. The summed E-state index contributed by atoms with van der Waals surface area (Å²) in [6.07, 6.45) is 4.75. The Balaban J connectivity index is 2.01. The van der Waals surface area contributed by atoms with Gasteiger partial charge in [0.1, 0.15) is 5.60 Å². The number of methoxy groups -OCH3 is 1. The molecule has 9 heteroatoms. The SMILES string of the molecule is C/C=C(\I)CN(C=O)[C@H]1CC=C(C(=O)OC)[C@@]23CCO[C@@]12N(C(=O)OC(C)(C)C)c1ccccc13. The van der Waals surface area contributed by atoms with Crippen molar-refractivity contribution in [1.29, 1.82) is 0 Å². The zero-order valence-corrected chi connectivity index (χ0v) is 22.8. The summed E-state index contributed by atoms with van der Waals surface area (Å²) in [5, 5.41) is 0. The van der Waals surface area contributed by atoms with Crippen LogP contribution in [0.5, 0.6) is 0 Å². The number of amides is 2. The second-order valence-corrected chi connectivity index (χ2v) is 11.3. The molecule has 4 rings (SSSR count). The van der Waals surface area contributed by atoms with E-state index in [1.807, 2.05) is 43.3 Å². The first-order chi connectivity index (χ1) is 16.6. The van der Waals surface area contributed by atoms with E-state index < -0.39 is 34.8 Å². The molecule has 3 atom stereocenters. The normalized spacial score (nSPS) is 27.4. The van der Waals surface area contributed by atoms with Crippen molar-refractivity contribution in [2.75, 3.05) is 25.2 Å². The Hall–Kier alpha value is -2.40. The maximum absolute atomic E-state index is 13.9. The monoisotopic (exact) mass is 594 g/mol. The lowest BCUT2D eigenvalue weighted by Gasteiger charge is -2.53. The highest BCUT2D eigenvalue weighted by atomic mass is 127. The van der Waals surface area contributed by atoms with Gasteiger partial charge in [0.15, 0.2) is 5.72 Å². The van der Waals surface area contributed by atoms with E-state index in [4.69, 9.17) is 14.2 Å². The lowest BCUT2D eigenvalue weighted by molar-refractivity contribution is -0.141. The molecule has 0 bridgehead atoms. The van der Waals surface area contributed by atoms with Crippen LogP contribution in [0.15, 0.2) is 45.6 Å². The molecule has 2 heterocycles. The number of carbonyl (C=O) groups is 3. The second-order valence-electron chi connectivity index (χ2n) is 9.91. The molecule has 1 aromatic carbocycles. The Labute approximate surface area is 219 Å². The van der Waals surface area contributed by atoms with Gasteiger partial charge in [-0.05, 0) is 74.8 Å². The van der Waals surface area contributed by atoms with E-state index in [2.05, 4.69) is 22.6 Å². The maximum Gasteiger partial charge on any atom is 0.417 e. The van der Waals surface area contributed by atoms with Crippen molar-refractivity contribution in [2.24, 2.45) is 0 Å². The third kappa shape index (κ3) is 3.78. The van der Waals surface area contributed by atoms with Gasteiger partial charge in [-0.3, -0.25) is 4.79 Å². The first kappa shape index (κ1) is 25.7. The molecular weight excluding hydrogens is 563 g/mol. The number of rotatable bonds is 5. The zero-order chi connectivity index (χ0) is 25.6. The summed E-state index contributed by atoms with van der Waals surface area (Å²) in [5.74, 6) is -0.472. The summed E-state index contributed by atoms with van der Waals surface area (Å²) in [6, 6.07) is 6.91. The molecule has 0 saturated carbocycles. The van der Waals surface area contributed by atoms with Gasteiger partial charge in [-0.1, -0.05) is 30.4 Å². The smallest absolute Gasteiger partial charge is 0.417 e. The van der Waals surface area contributed by atoms with Gasteiger partial charge >= 0.3 is 12.1 Å². The Kier molecular flexibility index (Phi) is 6.78. The van der Waals surface area contributed by atoms with Crippen LogP contribution in [0, 0.1) is 0 Å². The molecule has 0 N–H and O–H groups in total. The Morgan fingerprint density at radius 3 is 2.66 bits per heavy atom. The lowest BCUT2D eigenvalue weighted by Crippen LogP contribution is -2.71. The van der Waals surface area contributed by atoms with Gasteiger partial charge in [0.25, 0.3) is 0 Å². The van der Waals surface area contributed by atoms with Gasteiger partial charge in [-0.15, -0.1) is 0 Å². The van der Waals surface area contributed by atoms with Crippen LogP contribution >= 0.6 is 22.6 Å². The number of para-hydroxylation sites is 1. The summed E-state index contributed by atoms with van der Waals surface area (Å²) in [5.41, 5.74) is -1.31. The Bertz CT molecular complexity index is 1110. The summed E-state index contributed by atoms with van der Waals surface area (Å²) < 4.78 is 18.6. The summed E-state index contributed by atoms with van der Waals surface area (Å²) in [6.45, 7) is 7.97. The number of nitrogens with zero attached hydrogens (tertiary/aromatic N) is 2. The van der Waals surface area contributed by atoms with E-state index in [9.17, 15) is 14.4 Å². The van der Waals surface area contributed by atoms with Crippen LogP contribution in [-0.4, -0.2) is 61.0 Å². The number of anilines is 1. The van der Waals surface area contributed by atoms with Crippen molar-refractivity contribution in [1.82, 2.24) is 4.90 Å². The van der Waals surface area contributed by atoms with E-state index in [0.717, 1.165) is 15.6 Å². The molecule has 2 amide bonds. The van der Waals surface area contributed by atoms with Gasteiger partial charge in [0.05, 0.1) is 37.4 Å². The number of allylic oxidation sites excluding steroid dienone is 1. The molecule has 1 aliphatic carbocycles. The number of esters is 1. The quantitative estimate of drug-likeness (QED) is 0.284. The van der Waals surface area contributed by atoms with Crippen molar-refractivity contribution in [3.63, 3.8) is 0 Å². The molecule has 0 unspecified atom stereocenters. The molecule has 188 valence electrons. The Morgan fingerprint density at radius 2 is 2.03 bits per heavy atom. The van der Waals surface area contributed by atoms with Gasteiger partial charge < -0.3 is 19.1 Å². The first-order valence-corrected chi connectivity index (χ1v) is 12.7. The van der Waals surface area contributed by atoms with Crippen LogP contribution in [-0.2, 0) is 29.2 Å². The zero-order valence-electron chi connectivity index (χ0n) is 20.7. The molecule has 1 saturated heterocycles. The second kappa shape index (κ2) is 9.24. The van der Waals surface area contributed by atoms with Crippen molar-refractivity contribution in [3.8, 4) is 0 Å². The number of carbonyl (C=O) groups excluding carboxylic acids is 3. The first-order valence-electron chi connectivity index (χ1n) is 11.6.